The number of pyridine rings is 1. The van der Waals surface area contributed by atoms with E-state index < -0.39 is 0 Å². The number of benzene rings is 1. The van der Waals surface area contributed by atoms with E-state index in [2.05, 4.69) is 42.2 Å². The van der Waals surface area contributed by atoms with E-state index in [1.165, 1.54) is 10.6 Å². The number of halogens is 2. The van der Waals surface area contributed by atoms with Crippen LogP contribution in [-0.4, -0.2) is 15.3 Å². The normalized spacial score (nSPS) is 10.6. The molecule has 1 amide bonds. The molecule has 7 heteroatoms. The lowest BCUT2D eigenvalue weighted by molar-refractivity contribution is 0.102. The van der Waals surface area contributed by atoms with Crippen molar-refractivity contribution in [2.45, 2.75) is 0 Å². The van der Waals surface area contributed by atoms with Crippen LogP contribution in [0.1, 0.15) is 10.4 Å². The molecule has 0 fully saturated rings. The number of anilines is 1. The summed E-state index contributed by atoms with van der Waals surface area (Å²) in [6, 6.07) is 10.5. The van der Waals surface area contributed by atoms with Crippen molar-refractivity contribution < 1.29 is 4.79 Å². The highest BCUT2D eigenvalue weighted by molar-refractivity contribution is 9.11. The zero-order valence-corrected chi connectivity index (χ0v) is 14.3. The molecule has 2 heterocycles. The van der Waals surface area contributed by atoms with Gasteiger partial charge in [-0.1, -0.05) is 18.2 Å². The standard InChI is InChI=1S/C15H9Br2N3O2/c16-10-6-11(17)13-18-7-12(15(22)20(13)8-10)19-14(21)9-4-2-1-3-5-9/h1-8H,(H,19,21). The number of hydrogen-bond acceptors (Lipinski definition) is 3. The Balaban J connectivity index is 2.04. The zero-order valence-electron chi connectivity index (χ0n) is 11.1. The molecule has 1 N–H and O–H groups in total. The Kier molecular flexibility index (Phi) is 4.08. The Hall–Kier alpha value is -1.99. The molecule has 0 unspecified atom stereocenters. The fraction of sp³-hybridized carbons (Fsp3) is 0. The first kappa shape index (κ1) is 14.9. The van der Waals surface area contributed by atoms with Crippen LogP contribution >= 0.6 is 31.9 Å². The van der Waals surface area contributed by atoms with E-state index in [1.54, 1.807) is 36.5 Å². The highest BCUT2D eigenvalue weighted by Gasteiger charge is 2.12. The number of fused-ring (bicyclic) bond motifs is 1. The summed E-state index contributed by atoms with van der Waals surface area (Å²) >= 11 is 6.68. The summed E-state index contributed by atoms with van der Waals surface area (Å²) in [5, 5.41) is 2.59. The summed E-state index contributed by atoms with van der Waals surface area (Å²) in [7, 11) is 0. The first-order valence-corrected chi connectivity index (χ1v) is 7.87. The van der Waals surface area contributed by atoms with Gasteiger partial charge in [-0.3, -0.25) is 14.0 Å². The maximum atomic E-state index is 12.5. The maximum absolute atomic E-state index is 12.5. The van der Waals surface area contributed by atoms with E-state index >= 15 is 0 Å². The topological polar surface area (TPSA) is 63.5 Å². The van der Waals surface area contributed by atoms with E-state index in [0.29, 0.717) is 15.7 Å². The van der Waals surface area contributed by atoms with E-state index in [9.17, 15) is 9.59 Å². The van der Waals surface area contributed by atoms with Gasteiger partial charge in [-0.15, -0.1) is 0 Å². The van der Waals surface area contributed by atoms with Gasteiger partial charge in [0.2, 0.25) is 0 Å². The molecule has 0 saturated heterocycles. The summed E-state index contributed by atoms with van der Waals surface area (Å²) in [5.41, 5.74) is 0.723. The van der Waals surface area contributed by atoms with Gasteiger partial charge < -0.3 is 5.32 Å². The quantitative estimate of drug-likeness (QED) is 0.687. The van der Waals surface area contributed by atoms with Crippen molar-refractivity contribution in [3.8, 4) is 0 Å². The average molecular weight is 423 g/mol. The van der Waals surface area contributed by atoms with Crippen LogP contribution < -0.4 is 10.9 Å². The summed E-state index contributed by atoms with van der Waals surface area (Å²) in [6.07, 6.45) is 2.96. The third-order valence-electron chi connectivity index (χ3n) is 3.01. The van der Waals surface area contributed by atoms with Crippen LogP contribution in [0.5, 0.6) is 0 Å². The first-order valence-electron chi connectivity index (χ1n) is 6.29. The SMILES string of the molecule is O=C(Nc1cnc2c(Br)cc(Br)cn2c1=O)c1ccccc1. The Morgan fingerprint density at radius 2 is 1.91 bits per heavy atom. The maximum Gasteiger partial charge on any atom is 0.281 e. The third-order valence-corrected chi connectivity index (χ3v) is 4.03. The monoisotopic (exact) mass is 421 g/mol. The molecular formula is C15H9Br2N3O2. The Morgan fingerprint density at radius 1 is 1.18 bits per heavy atom. The van der Waals surface area contributed by atoms with Crippen molar-refractivity contribution in [3.05, 3.63) is 73.7 Å². The van der Waals surface area contributed by atoms with Crippen LogP contribution in [0.15, 0.2) is 62.5 Å². The number of nitrogens with zero attached hydrogens (tertiary/aromatic N) is 2. The Labute approximate surface area is 142 Å². The van der Waals surface area contributed by atoms with Crippen molar-refractivity contribution in [1.29, 1.82) is 0 Å². The molecular weight excluding hydrogens is 414 g/mol. The second-order valence-electron chi connectivity index (χ2n) is 4.50. The highest BCUT2D eigenvalue weighted by atomic mass is 79.9. The molecule has 3 aromatic rings. The van der Waals surface area contributed by atoms with Gasteiger partial charge in [0, 0.05) is 16.2 Å². The van der Waals surface area contributed by atoms with Crippen molar-refractivity contribution in [1.82, 2.24) is 9.38 Å². The molecule has 110 valence electrons. The number of amides is 1. The van der Waals surface area contributed by atoms with Crippen LogP contribution in [0.4, 0.5) is 5.69 Å². The van der Waals surface area contributed by atoms with Gasteiger partial charge in [0.15, 0.2) is 5.65 Å². The van der Waals surface area contributed by atoms with Gasteiger partial charge >= 0.3 is 0 Å². The van der Waals surface area contributed by atoms with Crippen LogP contribution in [0.25, 0.3) is 5.65 Å². The van der Waals surface area contributed by atoms with E-state index in [1.807, 2.05) is 6.07 Å². The fourth-order valence-corrected chi connectivity index (χ4v) is 3.26. The zero-order chi connectivity index (χ0) is 15.7. The number of nitrogens with one attached hydrogen (secondary N) is 1. The fourth-order valence-electron chi connectivity index (χ4n) is 1.98. The Bertz CT molecular complexity index is 923. The summed E-state index contributed by atoms with van der Waals surface area (Å²) in [4.78, 5) is 28.8. The number of aromatic nitrogens is 2. The van der Waals surface area contributed by atoms with Crippen LogP contribution in [-0.2, 0) is 0 Å². The molecule has 0 aliphatic carbocycles. The van der Waals surface area contributed by atoms with Gasteiger partial charge in [-0.25, -0.2) is 4.98 Å². The van der Waals surface area contributed by atoms with E-state index in [-0.39, 0.29) is 17.2 Å². The number of hydrogen-bond donors (Lipinski definition) is 1. The second kappa shape index (κ2) is 6.02. The van der Waals surface area contributed by atoms with Gasteiger partial charge in [0.05, 0.1) is 10.7 Å². The van der Waals surface area contributed by atoms with Crippen molar-refractivity contribution >= 4 is 49.1 Å². The van der Waals surface area contributed by atoms with Gasteiger partial charge in [-0.2, -0.15) is 0 Å². The molecule has 5 nitrogen and oxygen atoms in total. The lowest BCUT2D eigenvalue weighted by Gasteiger charge is -2.08. The lowest BCUT2D eigenvalue weighted by atomic mass is 10.2. The predicted octanol–water partition coefficient (Wildman–Crippen LogP) is 3.47. The molecule has 0 saturated carbocycles. The molecule has 0 spiro atoms. The minimum atomic E-state index is -0.353. The van der Waals surface area contributed by atoms with Crippen LogP contribution in [0, 0.1) is 0 Å². The molecule has 2 aromatic heterocycles. The minimum Gasteiger partial charge on any atom is -0.316 e. The number of carbonyl (C=O) groups excluding carboxylic acids is 1. The molecule has 22 heavy (non-hydrogen) atoms. The molecule has 0 aliphatic heterocycles. The minimum absolute atomic E-state index is 0.122. The first-order chi connectivity index (χ1) is 10.6. The molecule has 0 radical (unpaired) electrons. The van der Waals surface area contributed by atoms with Crippen molar-refractivity contribution in [3.63, 3.8) is 0 Å². The summed E-state index contributed by atoms with van der Waals surface area (Å²) in [5.74, 6) is -0.353. The number of rotatable bonds is 2. The Morgan fingerprint density at radius 3 is 2.64 bits per heavy atom. The van der Waals surface area contributed by atoms with Gasteiger partial charge in [-0.05, 0) is 50.1 Å². The molecule has 0 bridgehead atoms. The predicted molar refractivity (Wildman–Crippen MR) is 91.3 cm³/mol. The number of carbonyl (C=O) groups is 1. The second-order valence-corrected chi connectivity index (χ2v) is 6.27. The average Bonchev–Trinajstić information content (AvgIpc) is 2.51. The molecule has 0 atom stereocenters. The summed E-state index contributed by atoms with van der Waals surface area (Å²) < 4.78 is 2.77. The molecule has 1 aromatic carbocycles. The third kappa shape index (κ3) is 2.82. The van der Waals surface area contributed by atoms with Gasteiger partial charge in [0.1, 0.15) is 5.69 Å². The van der Waals surface area contributed by atoms with E-state index in [0.717, 1.165) is 4.47 Å². The van der Waals surface area contributed by atoms with Crippen molar-refractivity contribution in [2.24, 2.45) is 0 Å². The molecule has 3 rings (SSSR count). The smallest absolute Gasteiger partial charge is 0.281 e. The van der Waals surface area contributed by atoms with Gasteiger partial charge in [0.25, 0.3) is 11.5 Å². The highest BCUT2D eigenvalue weighted by Crippen LogP contribution is 2.21. The largest absolute Gasteiger partial charge is 0.316 e. The van der Waals surface area contributed by atoms with E-state index in [4.69, 9.17) is 0 Å². The van der Waals surface area contributed by atoms with Crippen LogP contribution in [0.2, 0.25) is 0 Å². The molecule has 0 aliphatic rings. The van der Waals surface area contributed by atoms with Crippen molar-refractivity contribution in [2.75, 3.05) is 5.32 Å². The summed E-state index contributed by atoms with van der Waals surface area (Å²) in [6.45, 7) is 0. The lowest BCUT2D eigenvalue weighted by Crippen LogP contribution is -2.23. The van der Waals surface area contributed by atoms with Crippen LogP contribution in [0.3, 0.4) is 0 Å².